The first-order valence-electron chi connectivity index (χ1n) is 4.39. The van der Waals surface area contributed by atoms with Gasteiger partial charge in [0.05, 0.1) is 0 Å². The molecule has 78 valence electrons. The highest BCUT2D eigenvalue weighted by Crippen LogP contribution is 2.18. The number of pyridine rings is 1. The van der Waals surface area contributed by atoms with E-state index < -0.39 is 11.4 Å². The van der Waals surface area contributed by atoms with Crippen molar-refractivity contribution in [3.63, 3.8) is 0 Å². The van der Waals surface area contributed by atoms with Crippen molar-refractivity contribution in [2.24, 2.45) is 0 Å². The number of imide groups is 1. The van der Waals surface area contributed by atoms with Gasteiger partial charge in [0, 0.05) is 19.3 Å². The molecule has 1 aromatic rings. The summed E-state index contributed by atoms with van der Waals surface area (Å²) in [6.07, 6.45) is 1.59. The summed E-state index contributed by atoms with van der Waals surface area (Å²) in [6.45, 7) is 0.728. The molecule has 1 fully saturated rings. The standard InChI is InChI=1S/C9H8ClN3O2/c10-8(14)13-6-5-12(9(13)15)7-3-1-2-4-11-7/h1-4H,5-6H2. The number of hydrogen-bond donors (Lipinski definition) is 0. The zero-order chi connectivity index (χ0) is 10.8. The molecule has 0 aromatic carbocycles. The Morgan fingerprint density at radius 1 is 1.40 bits per heavy atom. The minimum atomic E-state index is -0.751. The molecule has 1 aromatic heterocycles. The molecule has 1 saturated heterocycles. The van der Waals surface area contributed by atoms with Gasteiger partial charge in [0.1, 0.15) is 5.82 Å². The monoisotopic (exact) mass is 225 g/mol. The van der Waals surface area contributed by atoms with Crippen LogP contribution in [-0.2, 0) is 0 Å². The van der Waals surface area contributed by atoms with Crippen molar-refractivity contribution in [3.05, 3.63) is 24.4 Å². The Labute approximate surface area is 91.3 Å². The number of carbonyl (C=O) groups is 2. The van der Waals surface area contributed by atoms with Gasteiger partial charge in [0.15, 0.2) is 0 Å². The van der Waals surface area contributed by atoms with Gasteiger partial charge in [-0.15, -0.1) is 0 Å². The van der Waals surface area contributed by atoms with Crippen LogP contribution in [0.2, 0.25) is 0 Å². The third-order valence-corrected chi connectivity index (χ3v) is 2.35. The molecule has 0 aliphatic carbocycles. The maximum Gasteiger partial charge on any atom is 0.333 e. The van der Waals surface area contributed by atoms with Crippen molar-refractivity contribution in [2.75, 3.05) is 18.0 Å². The number of urea groups is 1. The van der Waals surface area contributed by atoms with Gasteiger partial charge in [-0.3, -0.25) is 9.69 Å². The molecule has 3 amide bonds. The van der Waals surface area contributed by atoms with Crippen LogP contribution >= 0.6 is 11.6 Å². The minimum absolute atomic E-state index is 0.303. The second-order valence-electron chi connectivity index (χ2n) is 3.03. The Bertz CT molecular complexity index is 396. The fourth-order valence-corrected chi connectivity index (χ4v) is 1.58. The van der Waals surface area contributed by atoms with Crippen LogP contribution in [0, 0.1) is 0 Å². The molecule has 0 unspecified atom stereocenters. The maximum absolute atomic E-state index is 11.7. The van der Waals surface area contributed by atoms with Crippen molar-refractivity contribution < 1.29 is 9.59 Å². The number of aromatic nitrogens is 1. The Morgan fingerprint density at radius 3 is 2.73 bits per heavy atom. The van der Waals surface area contributed by atoms with Crippen LogP contribution in [0.15, 0.2) is 24.4 Å². The summed E-state index contributed by atoms with van der Waals surface area (Å²) in [7, 11) is 0. The highest BCUT2D eigenvalue weighted by Gasteiger charge is 2.33. The van der Waals surface area contributed by atoms with Gasteiger partial charge in [-0.05, 0) is 23.7 Å². The predicted octanol–water partition coefficient (Wildman–Crippen LogP) is 1.68. The van der Waals surface area contributed by atoms with E-state index in [9.17, 15) is 9.59 Å². The summed E-state index contributed by atoms with van der Waals surface area (Å²) in [6, 6.07) is 4.82. The van der Waals surface area contributed by atoms with Gasteiger partial charge < -0.3 is 0 Å². The van der Waals surface area contributed by atoms with E-state index in [0.717, 1.165) is 4.90 Å². The summed E-state index contributed by atoms with van der Waals surface area (Å²) >= 11 is 5.25. The van der Waals surface area contributed by atoms with Gasteiger partial charge >= 0.3 is 11.4 Å². The average molecular weight is 226 g/mol. The Kier molecular flexibility index (Phi) is 2.55. The molecular formula is C9H8ClN3O2. The van der Waals surface area contributed by atoms with E-state index in [-0.39, 0.29) is 0 Å². The van der Waals surface area contributed by atoms with Crippen LogP contribution in [0.1, 0.15) is 0 Å². The fraction of sp³-hybridized carbons (Fsp3) is 0.222. The molecule has 15 heavy (non-hydrogen) atoms. The second kappa shape index (κ2) is 3.86. The summed E-state index contributed by atoms with van der Waals surface area (Å²) in [5.74, 6) is 0.530. The summed E-state index contributed by atoms with van der Waals surface area (Å²) in [5, 5.41) is -0.751. The van der Waals surface area contributed by atoms with Gasteiger partial charge in [-0.2, -0.15) is 0 Å². The molecule has 0 atom stereocenters. The van der Waals surface area contributed by atoms with Crippen LogP contribution in [0.5, 0.6) is 0 Å². The van der Waals surface area contributed by atoms with E-state index in [4.69, 9.17) is 11.6 Å². The van der Waals surface area contributed by atoms with E-state index in [1.165, 1.54) is 4.90 Å². The van der Waals surface area contributed by atoms with Gasteiger partial charge in [-0.1, -0.05) is 6.07 Å². The van der Waals surface area contributed by atoms with Crippen molar-refractivity contribution in [1.82, 2.24) is 9.88 Å². The smallest absolute Gasteiger partial charge is 0.276 e. The van der Waals surface area contributed by atoms with Gasteiger partial charge in [0.25, 0.3) is 0 Å². The highest BCUT2D eigenvalue weighted by atomic mass is 35.5. The average Bonchev–Trinajstić information content (AvgIpc) is 2.61. The fourth-order valence-electron chi connectivity index (χ4n) is 1.43. The first-order chi connectivity index (χ1) is 7.20. The summed E-state index contributed by atoms with van der Waals surface area (Å²) in [5.41, 5.74) is 0. The molecule has 6 heteroatoms. The highest BCUT2D eigenvalue weighted by molar-refractivity contribution is 6.64. The maximum atomic E-state index is 11.7. The predicted molar refractivity (Wildman–Crippen MR) is 54.9 cm³/mol. The van der Waals surface area contributed by atoms with Crippen LogP contribution in [0.3, 0.4) is 0 Å². The molecule has 0 N–H and O–H groups in total. The first kappa shape index (κ1) is 9.92. The van der Waals surface area contributed by atoms with E-state index in [1.54, 1.807) is 24.4 Å². The van der Waals surface area contributed by atoms with Crippen molar-refractivity contribution in [3.8, 4) is 0 Å². The Balaban J connectivity index is 2.21. The van der Waals surface area contributed by atoms with Crippen LogP contribution in [0.4, 0.5) is 15.4 Å². The molecule has 0 radical (unpaired) electrons. The van der Waals surface area contributed by atoms with Crippen LogP contribution in [-0.4, -0.2) is 34.4 Å². The zero-order valence-electron chi connectivity index (χ0n) is 7.76. The Morgan fingerprint density at radius 2 is 2.20 bits per heavy atom. The lowest BCUT2D eigenvalue weighted by Gasteiger charge is -2.14. The molecule has 0 spiro atoms. The number of anilines is 1. The lowest BCUT2D eigenvalue weighted by atomic mass is 10.4. The molecule has 2 rings (SSSR count). The lowest BCUT2D eigenvalue weighted by molar-refractivity contribution is 0.214. The minimum Gasteiger partial charge on any atom is -0.276 e. The molecular weight excluding hydrogens is 218 g/mol. The molecule has 2 heterocycles. The zero-order valence-corrected chi connectivity index (χ0v) is 8.52. The van der Waals surface area contributed by atoms with Crippen molar-refractivity contribution in [1.29, 1.82) is 0 Å². The van der Waals surface area contributed by atoms with E-state index in [0.29, 0.717) is 18.9 Å². The van der Waals surface area contributed by atoms with Crippen molar-refractivity contribution >= 4 is 28.8 Å². The SMILES string of the molecule is O=C(Cl)N1CCN(c2ccccn2)C1=O. The van der Waals surface area contributed by atoms with E-state index >= 15 is 0 Å². The van der Waals surface area contributed by atoms with Crippen molar-refractivity contribution in [2.45, 2.75) is 0 Å². The number of halogens is 1. The molecule has 1 aliphatic rings. The summed E-state index contributed by atoms with van der Waals surface area (Å²) in [4.78, 5) is 28.9. The molecule has 0 bridgehead atoms. The van der Waals surface area contributed by atoms with Crippen LogP contribution < -0.4 is 4.90 Å². The largest absolute Gasteiger partial charge is 0.333 e. The molecule has 0 saturated carbocycles. The number of carbonyl (C=O) groups excluding carboxylic acids is 2. The number of hydrogen-bond acceptors (Lipinski definition) is 3. The molecule has 5 nitrogen and oxygen atoms in total. The lowest BCUT2D eigenvalue weighted by Crippen LogP contribution is -2.33. The summed E-state index contributed by atoms with van der Waals surface area (Å²) < 4.78 is 0. The topological polar surface area (TPSA) is 53.5 Å². The van der Waals surface area contributed by atoms with E-state index in [2.05, 4.69) is 4.98 Å². The first-order valence-corrected chi connectivity index (χ1v) is 4.77. The number of rotatable bonds is 1. The Hall–Kier alpha value is -1.62. The molecule has 1 aliphatic heterocycles. The quantitative estimate of drug-likeness (QED) is 0.540. The van der Waals surface area contributed by atoms with Gasteiger partial charge in [-0.25, -0.2) is 14.7 Å². The van der Waals surface area contributed by atoms with Crippen LogP contribution in [0.25, 0.3) is 0 Å². The second-order valence-corrected chi connectivity index (χ2v) is 3.35. The number of amides is 3. The third kappa shape index (κ3) is 1.78. The third-order valence-electron chi connectivity index (χ3n) is 2.15. The van der Waals surface area contributed by atoms with Gasteiger partial charge in [0.2, 0.25) is 0 Å². The van der Waals surface area contributed by atoms with E-state index in [1.807, 2.05) is 0 Å². The normalized spacial score (nSPS) is 15.9. The number of nitrogens with zero attached hydrogens (tertiary/aromatic N) is 3.